The summed E-state index contributed by atoms with van der Waals surface area (Å²) < 4.78 is 6.20. The molecule has 0 aliphatic carbocycles. The van der Waals surface area contributed by atoms with E-state index in [2.05, 4.69) is 41.6 Å². The average molecular weight is 585 g/mol. The molecule has 3 N–H and O–H groups in total. The normalized spacial score (nSPS) is 18.8. The molecule has 0 spiro atoms. The zero-order valence-electron chi connectivity index (χ0n) is 22.6. The maximum Gasteiger partial charge on any atom is 0.192 e. The highest BCUT2D eigenvalue weighted by molar-refractivity contribution is 7.11. The van der Waals surface area contributed by atoms with Crippen molar-refractivity contribution in [1.82, 2.24) is 40.1 Å². The third kappa shape index (κ3) is 3.84. The molecule has 43 heavy (non-hydrogen) atoms. The third-order valence-electron chi connectivity index (χ3n) is 7.52. The molecule has 2 atom stereocenters. The number of furan rings is 1. The van der Waals surface area contributed by atoms with Crippen molar-refractivity contribution in [2.24, 2.45) is 0 Å². The lowest BCUT2D eigenvalue weighted by Gasteiger charge is -2.55. The SMILES string of the molecule is c1ccc(C2C(c3cccs3)=C(c3ccco3)N(c3ccn[nH]3)N(c3ccc[nH]3)C2(c2ncccn2)c2ncc[nH]2)nc1. The molecular weight excluding hydrogens is 560 g/mol. The molecule has 1 aliphatic heterocycles. The zero-order valence-corrected chi connectivity index (χ0v) is 23.4. The number of pyridine rings is 1. The Morgan fingerprint density at radius 2 is 1.70 bits per heavy atom. The molecule has 1 aliphatic rings. The fourth-order valence-corrected chi connectivity index (χ4v) is 6.77. The summed E-state index contributed by atoms with van der Waals surface area (Å²) in [5.74, 6) is 2.77. The summed E-state index contributed by atoms with van der Waals surface area (Å²) in [7, 11) is 0. The number of nitrogens with zero attached hydrogens (tertiary/aromatic N) is 7. The number of thiophene rings is 1. The van der Waals surface area contributed by atoms with Crippen LogP contribution in [0.15, 0.2) is 126 Å². The van der Waals surface area contributed by atoms with Crippen molar-refractivity contribution in [2.45, 2.75) is 11.5 Å². The first-order chi connectivity index (χ1) is 21.4. The predicted octanol–water partition coefficient (Wildman–Crippen LogP) is 5.84. The fraction of sp³-hybridized carbons (Fsp3) is 0.0645. The van der Waals surface area contributed by atoms with Gasteiger partial charge in [-0.2, -0.15) is 5.10 Å². The molecule has 8 rings (SSSR count). The van der Waals surface area contributed by atoms with Gasteiger partial charge in [-0.1, -0.05) is 12.1 Å². The predicted molar refractivity (Wildman–Crippen MR) is 163 cm³/mol. The quantitative estimate of drug-likeness (QED) is 0.213. The number of hydrogen-bond acceptors (Lipinski definition) is 9. The standard InChI is InChI=1S/C31H24N10OS/c1-2-12-32-21(7-1)27-26(23-9-5-20-43-23)28(22-8-4-19-42-22)40(25-11-16-38-39-25)41(24-10-3-13-33-24)31(27,30-36-17-18-37-30)29-34-14-6-15-35-29/h1-20,27,33H,(H,36,37)(H,38,39). The van der Waals surface area contributed by atoms with Crippen LogP contribution in [0.2, 0.25) is 0 Å². The van der Waals surface area contributed by atoms with E-state index in [9.17, 15) is 0 Å². The minimum absolute atomic E-state index is 0.497. The number of anilines is 2. The number of imidazole rings is 1. The van der Waals surface area contributed by atoms with Crippen LogP contribution in [0.1, 0.15) is 33.9 Å². The number of nitrogens with one attached hydrogen (secondary N) is 3. The molecule has 12 heteroatoms. The van der Waals surface area contributed by atoms with Crippen molar-refractivity contribution in [1.29, 1.82) is 0 Å². The summed E-state index contributed by atoms with van der Waals surface area (Å²) in [5.41, 5.74) is 1.37. The number of hydrazine groups is 1. The Kier molecular flexibility index (Phi) is 5.97. The molecule has 11 nitrogen and oxygen atoms in total. The molecule has 0 fully saturated rings. The van der Waals surface area contributed by atoms with Gasteiger partial charge in [-0.05, 0) is 53.9 Å². The van der Waals surface area contributed by atoms with Crippen LogP contribution >= 0.6 is 11.3 Å². The van der Waals surface area contributed by atoms with E-state index < -0.39 is 11.5 Å². The van der Waals surface area contributed by atoms with Gasteiger partial charge in [0.1, 0.15) is 23.2 Å². The van der Waals surface area contributed by atoms with Crippen LogP contribution in [0.4, 0.5) is 11.6 Å². The molecule has 0 radical (unpaired) electrons. The van der Waals surface area contributed by atoms with Crippen molar-refractivity contribution in [3.8, 4) is 0 Å². The van der Waals surface area contributed by atoms with Crippen molar-refractivity contribution in [3.05, 3.63) is 150 Å². The van der Waals surface area contributed by atoms with Crippen LogP contribution in [0.3, 0.4) is 0 Å². The van der Waals surface area contributed by atoms with Gasteiger partial charge in [-0.15, -0.1) is 11.3 Å². The Labute approximate surface area is 249 Å². The molecule has 2 unspecified atom stereocenters. The highest BCUT2D eigenvalue weighted by Gasteiger charge is 2.61. The van der Waals surface area contributed by atoms with Crippen LogP contribution in [-0.2, 0) is 5.54 Å². The minimum Gasteiger partial charge on any atom is -0.463 e. The monoisotopic (exact) mass is 584 g/mol. The Bertz CT molecular complexity index is 1920. The maximum absolute atomic E-state index is 6.20. The fourth-order valence-electron chi connectivity index (χ4n) is 5.97. The summed E-state index contributed by atoms with van der Waals surface area (Å²) in [4.78, 5) is 27.7. The first-order valence-corrected chi connectivity index (χ1v) is 14.5. The molecule has 7 aromatic rings. The van der Waals surface area contributed by atoms with Crippen molar-refractivity contribution in [3.63, 3.8) is 0 Å². The molecular formula is C31H24N10OS. The van der Waals surface area contributed by atoms with E-state index in [0.29, 0.717) is 23.2 Å². The number of aromatic nitrogens is 8. The number of aromatic amines is 3. The number of hydrogen-bond donors (Lipinski definition) is 3. The van der Waals surface area contributed by atoms with E-state index in [1.807, 2.05) is 79.3 Å². The van der Waals surface area contributed by atoms with E-state index in [0.717, 1.165) is 27.7 Å². The molecule has 0 amide bonds. The van der Waals surface area contributed by atoms with E-state index >= 15 is 0 Å². The van der Waals surface area contributed by atoms with Gasteiger partial charge in [-0.25, -0.2) is 25.0 Å². The Hall–Kier alpha value is -5.75. The van der Waals surface area contributed by atoms with Crippen molar-refractivity contribution >= 4 is 34.2 Å². The molecule has 210 valence electrons. The summed E-state index contributed by atoms with van der Waals surface area (Å²) >= 11 is 1.64. The summed E-state index contributed by atoms with van der Waals surface area (Å²) in [6.45, 7) is 0. The number of rotatable bonds is 7. The molecule has 0 saturated heterocycles. The first-order valence-electron chi connectivity index (χ1n) is 13.6. The Balaban J connectivity index is 1.63. The van der Waals surface area contributed by atoms with Crippen LogP contribution in [0, 0.1) is 0 Å². The second-order valence-electron chi connectivity index (χ2n) is 9.80. The van der Waals surface area contributed by atoms with E-state index in [1.165, 1.54) is 0 Å². The number of H-pyrrole nitrogens is 3. The minimum atomic E-state index is -1.20. The average Bonchev–Trinajstić information content (AvgIpc) is 3.90. The van der Waals surface area contributed by atoms with Gasteiger partial charge in [0.15, 0.2) is 17.1 Å². The first kappa shape index (κ1) is 25.0. The van der Waals surface area contributed by atoms with E-state index in [4.69, 9.17) is 24.4 Å². The van der Waals surface area contributed by atoms with Crippen LogP contribution in [0.5, 0.6) is 0 Å². The van der Waals surface area contributed by atoms with Gasteiger partial charge in [0.25, 0.3) is 0 Å². The lowest BCUT2D eigenvalue weighted by molar-refractivity contribution is 0.375. The molecule has 0 saturated carbocycles. The molecule has 0 aromatic carbocycles. The lowest BCUT2D eigenvalue weighted by Crippen LogP contribution is -2.63. The van der Waals surface area contributed by atoms with E-state index in [-0.39, 0.29) is 0 Å². The smallest absolute Gasteiger partial charge is 0.192 e. The molecule has 0 bridgehead atoms. The van der Waals surface area contributed by atoms with Crippen LogP contribution < -0.4 is 10.0 Å². The van der Waals surface area contributed by atoms with Crippen LogP contribution in [-0.4, -0.2) is 40.1 Å². The van der Waals surface area contributed by atoms with Crippen molar-refractivity contribution < 1.29 is 4.42 Å². The second kappa shape index (κ2) is 10.3. The van der Waals surface area contributed by atoms with E-state index in [1.54, 1.807) is 42.4 Å². The van der Waals surface area contributed by atoms with Gasteiger partial charge in [0.2, 0.25) is 0 Å². The largest absolute Gasteiger partial charge is 0.463 e. The Morgan fingerprint density at radius 3 is 2.37 bits per heavy atom. The highest BCUT2D eigenvalue weighted by atomic mass is 32.1. The maximum atomic E-state index is 6.20. The lowest BCUT2D eigenvalue weighted by atomic mass is 9.71. The summed E-state index contributed by atoms with van der Waals surface area (Å²) in [5, 5.41) is 13.8. The summed E-state index contributed by atoms with van der Waals surface area (Å²) in [6, 6.07) is 21.7. The summed E-state index contributed by atoms with van der Waals surface area (Å²) in [6.07, 6.45) is 14.2. The molecule has 7 aromatic heterocycles. The van der Waals surface area contributed by atoms with Gasteiger partial charge >= 0.3 is 0 Å². The topological polar surface area (TPSA) is 131 Å². The van der Waals surface area contributed by atoms with Gasteiger partial charge in [0, 0.05) is 53.7 Å². The van der Waals surface area contributed by atoms with Gasteiger partial charge < -0.3 is 14.4 Å². The van der Waals surface area contributed by atoms with Gasteiger partial charge in [0.05, 0.1) is 24.1 Å². The van der Waals surface area contributed by atoms with Gasteiger partial charge in [-0.3, -0.25) is 10.1 Å². The molecule has 8 heterocycles. The third-order valence-corrected chi connectivity index (χ3v) is 8.43. The highest BCUT2D eigenvalue weighted by Crippen LogP contribution is 2.59. The van der Waals surface area contributed by atoms with Crippen molar-refractivity contribution in [2.75, 3.05) is 10.0 Å². The second-order valence-corrected chi connectivity index (χ2v) is 10.7. The Morgan fingerprint density at radius 1 is 0.767 bits per heavy atom. The zero-order chi connectivity index (χ0) is 28.6. The van der Waals surface area contributed by atoms with Crippen LogP contribution in [0.25, 0.3) is 11.3 Å².